The smallest absolute Gasteiger partial charge is 0.248 e. The summed E-state index contributed by atoms with van der Waals surface area (Å²) in [5, 5.41) is 7.31. The zero-order valence-electron chi connectivity index (χ0n) is 10.9. The first-order valence-electron chi connectivity index (χ1n) is 6.22. The predicted molar refractivity (Wildman–Crippen MR) is 69.7 cm³/mol. The molecule has 0 aromatic heterocycles. The van der Waals surface area contributed by atoms with Crippen LogP contribution in [0.2, 0.25) is 0 Å². The van der Waals surface area contributed by atoms with Gasteiger partial charge in [0.1, 0.15) is 17.5 Å². The van der Waals surface area contributed by atoms with Crippen molar-refractivity contribution in [3.63, 3.8) is 0 Å². The van der Waals surface area contributed by atoms with Crippen LogP contribution in [0.25, 0.3) is 0 Å². The average Bonchev–Trinajstić information content (AvgIpc) is 2.37. The third-order valence-electron chi connectivity index (χ3n) is 3.45. The van der Waals surface area contributed by atoms with Crippen LogP contribution >= 0.6 is 0 Å². The number of nitrogens with zero attached hydrogens (tertiary/aromatic N) is 1. The van der Waals surface area contributed by atoms with E-state index < -0.39 is 32.4 Å². The molecule has 116 valence electrons. The number of rotatable bonds is 3. The molecule has 21 heavy (non-hydrogen) atoms. The van der Waals surface area contributed by atoms with Crippen LogP contribution in [-0.2, 0) is 10.0 Å². The second kappa shape index (κ2) is 5.64. The number of amidine groups is 1. The second-order valence-corrected chi connectivity index (χ2v) is 6.71. The number of benzene rings is 1. The summed E-state index contributed by atoms with van der Waals surface area (Å²) in [6.45, 7) is 0.00563. The van der Waals surface area contributed by atoms with Crippen molar-refractivity contribution in [1.82, 2.24) is 4.31 Å². The first-order chi connectivity index (χ1) is 9.73. The zero-order chi connectivity index (χ0) is 15.8. The fourth-order valence-electron chi connectivity index (χ4n) is 2.31. The van der Waals surface area contributed by atoms with Crippen molar-refractivity contribution in [3.8, 4) is 0 Å². The Hall–Kier alpha value is -1.61. The molecule has 0 atom stereocenters. The van der Waals surface area contributed by atoms with E-state index >= 15 is 0 Å². The van der Waals surface area contributed by atoms with Crippen LogP contribution in [0.5, 0.6) is 0 Å². The van der Waals surface area contributed by atoms with E-state index in [-0.39, 0.29) is 24.8 Å². The van der Waals surface area contributed by atoms with Crippen LogP contribution < -0.4 is 5.73 Å². The Kier molecular flexibility index (Phi) is 4.24. The van der Waals surface area contributed by atoms with Gasteiger partial charge in [0.05, 0.1) is 5.84 Å². The van der Waals surface area contributed by atoms with Crippen LogP contribution in [0.4, 0.5) is 13.2 Å². The Labute approximate surface area is 120 Å². The van der Waals surface area contributed by atoms with Crippen LogP contribution in [0.3, 0.4) is 0 Å². The lowest BCUT2D eigenvalue weighted by Gasteiger charge is -2.30. The maximum Gasteiger partial charge on any atom is 0.248 e. The molecule has 1 heterocycles. The summed E-state index contributed by atoms with van der Waals surface area (Å²) in [5.41, 5.74) is 5.35. The van der Waals surface area contributed by atoms with Crippen LogP contribution in [0.1, 0.15) is 12.8 Å². The Morgan fingerprint density at radius 3 is 2.10 bits per heavy atom. The van der Waals surface area contributed by atoms with Gasteiger partial charge in [-0.1, -0.05) is 0 Å². The van der Waals surface area contributed by atoms with Gasteiger partial charge in [-0.2, -0.15) is 4.31 Å². The minimum Gasteiger partial charge on any atom is -0.387 e. The van der Waals surface area contributed by atoms with E-state index in [0.29, 0.717) is 25.0 Å². The van der Waals surface area contributed by atoms with Crippen LogP contribution in [0, 0.1) is 28.8 Å². The summed E-state index contributed by atoms with van der Waals surface area (Å²) in [7, 11) is -4.38. The molecule has 0 spiro atoms. The van der Waals surface area contributed by atoms with E-state index in [1.165, 1.54) is 0 Å². The number of hydrogen-bond donors (Lipinski definition) is 2. The highest BCUT2D eigenvalue weighted by Crippen LogP contribution is 2.27. The van der Waals surface area contributed by atoms with Gasteiger partial charge in [0.25, 0.3) is 0 Å². The maximum atomic E-state index is 13.6. The summed E-state index contributed by atoms with van der Waals surface area (Å²) in [5.74, 6) is -4.37. The van der Waals surface area contributed by atoms with Crippen molar-refractivity contribution in [2.24, 2.45) is 11.7 Å². The van der Waals surface area contributed by atoms with E-state index in [1.54, 1.807) is 0 Å². The molecule has 0 bridgehead atoms. The SMILES string of the molecule is N=C(N)C1CCN(S(=O)(=O)c2c(F)cc(F)cc2F)CC1. The summed E-state index contributed by atoms with van der Waals surface area (Å²) in [6, 6.07) is 0.663. The predicted octanol–water partition coefficient (Wildman–Crippen LogP) is 1.44. The van der Waals surface area contributed by atoms with E-state index in [1.807, 2.05) is 0 Å². The third-order valence-corrected chi connectivity index (χ3v) is 5.41. The first kappa shape index (κ1) is 15.8. The lowest BCUT2D eigenvalue weighted by Crippen LogP contribution is -2.42. The summed E-state index contributed by atoms with van der Waals surface area (Å²) in [4.78, 5) is -1.15. The topological polar surface area (TPSA) is 87.2 Å². The molecule has 1 fully saturated rings. The molecule has 5 nitrogen and oxygen atoms in total. The van der Waals surface area contributed by atoms with Gasteiger partial charge in [0, 0.05) is 31.1 Å². The van der Waals surface area contributed by atoms with Crippen molar-refractivity contribution < 1.29 is 21.6 Å². The third kappa shape index (κ3) is 3.03. The Bertz CT molecular complexity index is 647. The van der Waals surface area contributed by atoms with Crippen molar-refractivity contribution >= 4 is 15.9 Å². The van der Waals surface area contributed by atoms with Gasteiger partial charge in [0.15, 0.2) is 4.90 Å². The zero-order valence-corrected chi connectivity index (χ0v) is 11.8. The Morgan fingerprint density at radius 2 is 1.67 bits per heavy atom. The van der Waals surface area contributed by atoms with Crippen LogP contribution in [-0.4, -0.2) is 31.6 Å². The molecule has 1 aliphatic heterocycles. The number of piperidine rings is 1. The summed E-state index contributed by atoms with van der Waals surface area (Å²) in [6.07, 6.45) is 0.609. The number of hydrogen-bond acceptors (Lipinski definition) is 3. The number of nitrogens with two attached hydrogens (primary N) is 1. The quantitative estimate of drug-likeness (QED) is 0.652. The number of nitrogens with one attached hydrogen (secondary N) is 1. The fraction of sp³-hybridized carbons (Fsp3) is 0.417. The highest BCUT2D eigenvalue weighted by atomic mass is 32.2. The van der Waals surface area contributed by atoms with Crippen molar-refractivity contribution in [2.45, 2.75) is 17.7 Å². The highest BCUT2D eigenvalue weighted by molar-refractivity contribution is 7.89. The highest BCUT2D eigenvalue weighted by Gasteiger charge is 2.34. The molecule has 3 N–H and O–H groups in total. The Morgan fingerprint density at radius 1 is 1.19 bits per heavy atom. The first-order valence-corrected chi connectivity index (χ1v) is 7.66. The summed E-state index contributed by atoms with van der Waals surface area (Å²) < 4.78 is 65.5. The maximum absolute atomic E-state index is 13.6. The minimum absolute atomic E-state index is 0.00281. The van der Waals surface area contributed by atoms with Gasteiger partial charge < -0.3 is 5.73 Å². The minimum atomic E-state index is -4.38. The largest absolute Gasteiger partial charge is 0.387 e. The van der Waals surface area contributed by atoms with Crippen LogP contribution in [0.15, 0.2) is 17.0 Å². The number of sulfonamides is 1. The van der Waals surface area contributed by atoms with Crippen molar-refractivity contribution in [1.29, 1.82) is 5.41 Å². The van der Waals surface area contributed by atoms with Gasteiger partial charge >= 0.3 is 0 Å². The van der Waals surface area contributed by atoms with E-state index in [9.17, 15) is 21.6 Å². The molecule has 0 saturated carbocycles. The summed E-state index contributed by atoms with van der Waals surface area (Å²) >= 11 is 0. The fourth-order valence-corrected chi connectivity index (χ4v) is 3.87. The Balaban J connectivity index is 2.30. The lowest BCUT2D eigenvalue weighted by molar-refractivity contribution is 0.312. The number of halogens is 3. The molecule has 2 rings (SSSR count). The molecule has 1 aromatic carbocycles. The molecule has 9 heteroatoms. The molecular weight excluding hydrogens is 307 g/mol. The van der Waals surface area contributed by atoms with Gasteiger partial charge in [-0.15, -0.1) is 0 Å². The monoisotopic (exact) mass is 321 g/mol. The molecule has 1 aliphatic rings. The van der Waals surface area contributed by atoms with Gasteiger partial charge in [-0.3, -0.25) is 5.41 Å². The molecule has 0 amide bonds. The van der Waals surface area contributed by atoms with Gasteiger partial charge in [-0.25, -0.2) is 21.6 Å². The normalized spacial score (nSPS) is 17.9. The van der Waals surface area contributed by atoms with Crippen molar-refractivity contribution in [2.75, 3.05) is 13.1 Å². The van der Waals surface area contributed by atoms with Crippen molar-refractivity contribution in [3.05, 3.63) is 29.6 Å². The molecule has 0 radical (unpaired) electrons. The molecule has 1 aromatic rings. The molecule has 0 unspecified atom stereocenters. The van der Waals surface area contributed by atoms with Gasteiger partial charge in [0.2, 0.25) is 10.0 Å². The average molecular weight is 321 g/mol. The second-order valence-electron chi connectivity index (χ2n) is 4.83. The standard InChI is InChI=1S/C12H14F3N3O2S/c13-8-5-9(14)11(10(15)6-8)21(19,20)18-3-1-7(2-4-18)12(16)17/h5-7H,1-4H2,(H3,16,17). The molecule has 1 saturated heterocycles. The van der Waals surface area contributed by atoms with E-state index in [2.05, 4.69) is 0 Å². The lowest BCUT2D eigenvalue weighted by atomic mass is 9.97. The van der Waals surface area contributed by atoms with E-state index in [0.717, 1.165) is 4.31 Å². The molecule has 0 aliphatic carbocycles. The molecular formula is C12H14F3N3O2S. The van der Waals surface area contributed by atoms with Gasteiger partial charge in [-0.05, 0) is 12.8 Å². The van der Waals surface area contributed by atoms with E-state index in [4.69, 9.17) is 11.1 Å².